The van der Waals surface area contributed by atoms with Gasteiger partial charge in [-0.2, -0.15) is 0 Å². The molecule has 0 atom stereocenters. The highest BCUT2D eigenvalue weighted by molar-refractivity contribution is 7.89. The number of carbonyl (C=O) groups excluding carboxylic acids is 1. The summed E-state index contributed by atoms with van der Waals surface area (Å²) >= 11 is 1.64. The van der Waals surface area contributed by atoms with Crippen molar-refractivity contribution in [1.29, 1.82) is 0 Å². The number of piperidine rings is 1. The quantitative estimate of drug-likeness (QED) is 0.546. The maximum atomic E-state index is 12.5. The van der Waals surface area contributed by atoms with Crippen LogP contribution in [0, 0.1) is 5.92 Å². The number of aromatic nitrogens is 2. The summed E-state index contributed by atoms with van der Waals surface area (Å²) in [5, 5.41) is 18.8. The highest BCUT2D eigenvalue weighted by Gasteiger charge is 2.25. The molecule has 3 heterocycles. The number of sulfonamides is 1. The first-order valence-corrected chi connectivity index (χ1v) is 12.8. The lowest BCUT2D eigenvalue weighted by Gasteiger charge is -2.31. The van der Waals surface area contributed by atoms with Gasteiger partial charge in [0.05, 0.1) is 9.77 Å². The van der Waals surface area contributed by atoms with Gasteiger partial charge in [-0.1, -0.05) is 18.2 Å². The van der Waals surface area contributed by atoms with Gasteiger partial charge in [-0.3, -0.25) is 4.79 Å². The number of hydrogen-bond acceptors (Lipinski definition) is 7. The number of hydrogen-bond donors (Lipinski definition) is 2. The van der Waals surface area contributed by atoms with Crippen LogP contribution in [0.25, 0.3) is 10.6 Å². The number of thiophene rings is 1. The van der Waals surface area contributed by atoms with Crippen LogP contribution in [0.4, 0.5) is 5.82 Å². The molecule has 0 bridgehead atoms. The third-order valence-corrected chi connectivity index (χ3v) is 7.40. The second-order valence-electron chi connectivity index (χ2n) is 7.75. The van der Waals surface area contributed by atoms with E-state index < -0.39 is 10.0 Å². The Labute approximate surface area is 191 Å². The molecule has 10 heteroatoms. The second kappa shape index (κ2) is 9.76. The van der Waals surface area contributed by atoms with Gasteiger partial charge >= 0.3 is 0 Å². The minimum absolute atomic E-state index is 0.0191. The molecular weight excluding hydrogens is 446 g/mol. The summed E-state index contributed by atoms with van der Waals surface area (Å²) in [6.07, 6.45) is 2.16. The Bertz CT molecular complexity index is 1140. The van der Waals surface area contributed by atoms with Crippen molar-refractivity contribution < 1.29 is 13.2 Å². The number of carbonyl (C=O) groups is 1. The van der Waals surface area contributed by atoms with Crippen molar-refractivity contribution in [1.82, 2.24) is 15.5 Å². The van der Waals surface area contributed by atoms with E-state index in [-0.39, 0.29) is 16.7 Å². The molecular formula is C22H25N5O3S2. The molecule has 1 aromatic carbocycles. The largest absolute Gasteiger partial charge is 0.356 e. The molecule has 8 nitrogen and oxygen atoms in total. The van der Waals surface area contributed by atoms with Crippen molar-refractivity contribution in [2.45, 2.75) is 24.2 Å². The first kappa shape index (κ1) is 22.4. The molecule has 3 aromatic rings. The van der Waals surface area contributed by atoms with Crippen LogP contribution in [0.5, 0.6) is 0 Å². The van der Waals surface area contributed by atoms with Crippen molar-refractivity contribution >= 4 is 33.1 Å². The standard InChI is InChI=1S/C22H25N5O3S2/c23-32(29,30)18-5-3-16(4-6-18)9-12-24-22(28)17-10-13-27(14-11-17)21-8-7-19(25-26-21)20-2-1-15-31-20/h1-8,15,17H,9-14H2,(H,24,28)(H2,23,29,30). The summed E-state index contributed by atoms with van der Waals surface area (Å²) in [4.78, 5) is 15.9. The number of primary sulfonamides is 1. The molecule has 32 heavy (non-hydrogen) atoms. The Morgan fingerprint density at radius 1 is 1.09 bits per heavy atom. The van der Waals surface area contributed by atoms with Crippen molar-refractivity contribution in [2.24, 2.45) is 11.1 Å². The van der Waals surface area contributed by atoms with Crippen molar-refractivity contribution in [3.8, 4) is 10.6 Å². The van der Waals surface area contributed by atoms with E-state index in [4.69, 9.17) is 5.14 Å². The number of nitrogens with zero attached hydrogens (tertiary/aromatic N) is 3. The van der Waals surface area contributed by atoms with E-state index in [0.29, 0.717) is 13.0 Å². The van der Waals surface area contributed by atoms with Crippen LogP contribution in [-0.2, 0) is 21.2 Å². The first-order chi connectivity index (χ1) is 15.4. The third-order valence-electron chi connectivity index (χ3n) is 5.58. The summed E-state index contributed by atoms with van der Waals surface area (Å²) in [7, 11) is -3.69. The number of nitrogens with two attached hydrogens (primary N) is 1. The minimum atomic E-state index is -3.69. The topological polar surface area (TPSA) is 118 Å². The van der Waals surface area contributed by atoms with Crippen molar-refractivity contribution in [3.63, 3.8) is 0 Å². The van der Waals surface area contributed by atoms with Crippen LogP contribution in [0.15, 0.2) is 58.8 Å². The van der Waals surface area contributed by atoms with Crippen LogP contribution in [0.3, 0.4) is 0 Å². The van der Waals surface area contributed by atoms with Crippen LogP contribution >= 0.6 is 11.3 Å². The molecule has 0 radical (unpaired) electrons. The fourth-order valence-corrected chi connectivity index (χ4v) is 4.95. The van der Waals surface area contributed by atoms with Gasteiger partial charge in [-0.15, -0.1) is 21.5 Å². The maximum absolute atomic E-state index is 12.5. The summed E-state index contributed by atoms with van der Waals surface area (Å²) in [6, 6.07) is 14.4. The Kier molecular flexibility index (Phi) is 6.83. The monoisotopic (exact) mass is 471 g/mol. The van der Waals surface area contributed by atoms with Gasteiger partial charge in [0, 0.05) is 25.6 Å². The van der Waals surface area contributed by atoms with E-state index in [0.717, 1.165) is 47.9 Å². The molecule has 1 fully saturated rings. The van der Waals surface area contributed by atoms with Gasteiger partial charge in [0.1, 0.15) is 5.69 Å². The Morgan fingerprint density at radius 3 is 2.44 bits per heavy atom. The van der Waals surface area contributed by atoms with Crippen LogP contribution in [0.2, 0.25) is 0 Å². The number of nitrogens with one attached hydrogen (secondary N) is 1. The van der Waals surface area contributed by atoms with E-state index in [1.165, 1.54) is 12.1 Å². The van der Waals surface area contributed by atoms with Gasteiger partial charge in [0.2, 0.25) is 15.9 Å². The van der Waals surface area contributed by atoms with E-state index >= 15 is 0 Å². The number of amides is 1. The lowest BCUT2D eigenvalue weighted by molar-refractivity contribution is -0.125. The highest BCUT2D eigenvalue weighted by atomic mass is 32.2. The minimum Gasteiger partial charge on any atom is -0.356 e. The molecule has 1 aliphatic heterocycles. The number of anilines is 1. The van der Waals surface area contributed by atoms with Crippen LogP contribution in [0.1, 0.15) is 18.4 Å². The van der Waals surface area contributed by atoms with E-state index in [9.17, 15) is 13.2 Å². The predicted molar refractivity (Wildman–Crippen MR) is 125 cm³/mol. The summed E-state index contributed by atoms with van der Waals surface area (Å²) in [5.41, 5.74) is 1.81. The van der Waals surface area contributed by atoms with Gasteiger partial charge < -0.3 is 10.2 Å². The molecule has 0 spiro atoms. The Balaban J connectivity index is 1.22. The summed E-state index contributed by atoms with van der Waals surface area (Å²) < 4.78 is 22.6. The van der Waals surface area contributed by atoms with E-state index in [2.05, 4.69) is 20.4 Å². The zero-order valence-electron chi connectivity index (χ0n) is 17.5. The van der Waals surface area contributed by atoms with Gasteiger partial charge in [-0.05, 0) is 60.5 Å². The van der Waals surface area contributed by atoms with Gasteiger partial charge in [0.25, 0.3) is 0 Å². The van der Waals surface area contributed by atoms with Crippen molar-refractivity contribution in [3.05, 3.63) is 59.5 Å². The molecule has 0 aliphatic carbocycles. The molecule has 1 saturated heterocycles. The fourth-order valence-electron chi connectivity index (χ4n) is 3.74. The lowest BCUT2D eigenvalue weighted by Crippen LogP contribution is -2.41. The number of benzene rings is 1. The Hall–Kier alpha value is -2.82. The molecule has 0 saturated carbocycles. The zero-order chi connectivity index (χ0) is 22.6. The number of rotatable bonds is 7. The summed E-state index contributed by atoms with van der Waals surface area (Å²) in [5.74, 6) is 0.881. The van der Waals surface area contributed by atoms with Crippen LogP contribution in [-0.4, -0.2) is 44.2 Å². The van der Waals surface area contributed by atoms with Crippen LogP contribution < -0.4 is 15.4 Å². The Morgan fingerprint density at radius 2 is 1.84 bits per heavy atom. The molecule has 2 aromatic heterocycles. The lowest BCUT2D eigenvalue weighted by atomic mass is 9.96. The molecule has 4 rings (SSSR count). The van der Waals surface area contributed by atoms with E-state index in [1.54, 1.807) is 23.5 Å². The summed E-state index contributed by atoms with van der Waals surface area (Å²) in [6.45, 7) is 2.03. The SMILES string of the molecule is NS(=O)(=O)c1ccc(CCNC(=O)C2CCN(c3ccc(-c4cccs4)nn3)CC2)cc1. The van der Waals surface area contributed by atoms with Gasteiger partial charge in [0.15, 0.2) is 5.82 Å². The third kappa shape index (κ3) is 5.50. The predicted octanol–water partition coefficient (Wildman–Crippen LogP) is 2.43. The average Bonchev–Trinajstić information content (AvgIpc) is 3.34. The zero-order valence-corrected chi connectivity index (χ0v) is 19.1. The van der Waals surface area contributed by atoms with Crippen molar-refractivity contribution in [2.75, 3.05) is 24.5 Å². The first-order valence-electron chi connectivity index (χ1n) is 10.4. The highest BCUT2D eigenvalue weighted by Crippen LogP contribution is 2.25. The maximum Gasteiger partial charge on any atom is 0.238 e. The second-order valence-corrected chi connectivity index (χ2v) is 10.3. The molecule has 3 N–H and O–H groups in total. The smallest absolute Gasteiger partial charge is 0.238 e. The normalized spacial score (nSPS) is 15.0. The fraction of sp³-hybridized carbons (Fsp3) is 0.318. The average molecular weight is 472 g/mol. The molecule has 168 valence electrons. The van der Waals surface area contributed by atoms with E-state index in [1.807, 2.05) is 29.6 Å². The molecule has 0 unspecified atom stereocenters. The molecule has 1 amide bonds. The molecule has 1 aliphatic rings. The van der Waals surface area contributed by atoms with Gasteiger partial charge in [-0.25, -0.2) is 13.6 Å².